The van der Waals surface area contributed by atoms with Crippen molar-refractivity contribution in [2.75, 3.05) is 7.11 Å². The normalized spacial score (nSPS) is 34.9. The lowest BCUT2D eigenvalue weighted by Crippen LogP contribution is -2.49. The molecule has 2 saturated carbocycles. The van der Waals surface area contributed by atoms with Gasteiger partial charge in [-0.05, 0) is 103 Å². The fourth-order valence-electron chi connectivity index (χ4n) is 8.28. The largest absolute Gasteiger partial charge is 0.497 e. The Morgan fingerprint density at radius 1 is 1.00 bits per heavy atom. The second kappa shape index (κ2) is 8.60. The standard InChI is InChI=1S/C33H35O4P/c1-32-17-15-25-24-14-12-23(36-2)21-22(24)11-13-26(25)29(32)16-18-33(32,34)19-20-38(35)31-10-6-4-8-28(31)27-7-3-5-9-30(27)37-38/h3-10,12,14,19-21,25-26,29,34H,11,13,15-18H2,1-2H3/b20-19+/t25-,26-,29+,32+,33-,38?/m1/s1. The maximum atomic E-state index is 14.4. The number of aryl methyl sites for hydroxylation is 1. The zero-order valence-corrected chi connectivity index (χ0v) is 23.0. The van der Waals surface area contributed by atoms with Crippen molar-refractivity contribution in [2.24, 2.45) is 17.3 Å². The molecule has 6 atom stereocenters. The Bertz CT molecular complexity index is 1490. The highest BCUT2D eigenvalue weighted by Crippen LogP contribution is 2.65. The first-order chi connectivity index (χ1) is 18.4. The molecule has 3 aromatic rings. The Hall–Kier alpha value is -2.81. The van der Waals surface area contributed by atoms with Crippen LogP contribution in [0.25, 0.3) is 11.1 Å². The van der Waals surface area contributed by atoms with Crippen LogP contribution < -0.4 is 14.6 Å². The second-order valence-electron chi connectivity index (χ2n) is 11.9. The number of rotatable bonds is 3. The van der Waals surface area contributed by atoms with E-state index in [1.807, 2.05) is 54.6 Å². The van der Waals surface area contributed by atoms with Crippen LogP contribution in [0, 0.1) is 17.3 Å². The molecule has 1 N–H and O–H groups in total. The fraction of sp³-hybridized carbons (Fsp3) is 0.394. The molecule has 0 radical (unpaired) electrons. The number of methoxy groups -OCH3 is 1. The molecule has 4 nitrogen and oxygen atoms in total. The molecule has 1 heterocycles. The smallest absolute Gasteiger partial charge is 0.300 e. The molecule has 4 aliphatic rings. The molecule has 0 amide bonds. The number of para-hydroxylation sites is 1. The Morgan fingerprint density at radius 2 is 1.79 bits per heavy atom. The Labute approximate surface area is 225 Å². The molecule has 2 fully saturated rings. The van der Waals surface area contributed by atoms with Crippen LogP contribution in [-0.2, 0) is 11.0 Å². The second-order valence-corrected chi connectivity index (χ2v) is 14.1. The lowest BCUT2D eigenvalue weighted by Gasteiger charge is -2.52. The molecular formula is C33H35O4P. The summed E-state index contributed by atoms with van der Waals surface area (Å²) in [5.41, 5.74) is 3.56. The van der Waals surface area contributed by atoms with Crippen LogP contribution in [0.1, 0.15) is 56.1 Å². The van der Waals surface area contributed by atoms with Gasteiger partial charge >= 0.3 is 0 Å². The SMILES string of the molecule is COc1ccc2c(c1)CC[C@@H]1[C@@H]2CC[C@@]2(C)[C@H]1CC[C@@]2(O)/C=C/P1(=O)Oc2ccccc2-c2ccccc21. The molecule has 0 spiro atoms. The van der Waals surface area contributed by atoms with E-state index in [1.165, 1.54) is 11.1 Å². The third-order valence-electron chi connectivity index (χ3n) is 10.3. The lowest BCUT2D eigenvalue weighted by molar-refractivity contribution is -0.0709. The average molecular weight is 527 g/mol. The highest BCUT2D eigenvalue weighted by molar-refractivity contribution is 7.70. The first-order valence-corrected chi connectivity index (χ1v) is 15.6. The molecule has 3 aliphatic carbocycles. The van der Waals surface area contributed by atoms with Crippen molar-refractivity contribution in [3.8, 4) is 22.6 Å². The third-order valence-corrected chi connectivity index (χ3v) is 12.4. The zero-order chi connectivity index (χ0) is 26.1. The van der Waals surface area contributed by atoms with Gasteiger partial charge in [0.25, 0.3) is 7.37 Å². The van der Waals surface area contributed by atoms with Crippen molar-refractivity contribution < 1.29 is 18.9 Å². The predicted molar refractivity (Wildman–Crippen MR) is 151 cm³/mol. The van der Waals surface area contributed by atoms with E-state index >= 15 is 0 Å². The number of aliphatic hydroxyl groups is 1. The van der Waals surface area contributed by atoms with Crippen molar-refractivity contribution in [3.05, 3.63) is 89.8 Å². The highest BCUT2D eigenvalue weighted by atomic mass is 31.2. The van der Waals surface area contributed by atoms with Gasteiger partial charge in [-0.2, -0.15) is 0 Å². The Balaban J connectivity index is 1.20. The highest BCUT2D eigenvalue weighted by Gasteiger charge is 2.60. The number of fused-ring (bicyclic) bond motifs is 8. The van der Waals surface area contributed by atoms with Gasteiger partial charge in [-0.25, -0.2) is 0 Å². The van der Waals surface area contributed by atoms with Gasteiger partial charge in [0.15, 0.2) is 0 Å². The maximum Gasteiger partial charge on any atom is 0.300 e. The summed E-state index contributed by atoms with van der Waals surface area (Å²) in [5.74, 6) is 4.83. The summed E-state index contributed by atoms with van der Waals surface area (Å²) in [7, 11) is -1.61. The van der Waals surface area contributed by atoms with Gasteiger partial charge in [0, 0.05) is 16.8 Å². The monoisotopic (exact) mass is 526 g/mol. The summed E-state index contributed by atoms with van der Waals surface area (Å²) in [4.78, 5) is 0. The molecule has 1 aliphatic heterocycles. The van der Waals surface area contributed by atoms with E-state index in [2.05, 4.69) is 25.1 Å². The average Bonchev–Trinajstić information content (AvgIpc) is 3.22. The summed E-state index contributed by atoms with van der Waals surface area (Å²) < 4.78 is 26.1. The Morgan fingerprint density at radius 3 is 2.63 bits per heavy atom. The minimum absolute atomic E-state index is 0.249. The molecule has 0 aromatic heterocycles. The molecule has 5 heteroatoms. The van der Waals surface area contributed by atoms with Crippen LogP contribution in [0.5, 0.6) is 11.5 Å². The van der Waals surface area contributed by atoms with Crippen LogP contribution in [0.4, 0.5) is 0 Å². The summed E-state index contributed by atoms with van der Waals surface area (Å²) in [6, 6.07) is 22.2. The fourth-order valence-corrected chi connectivity index (χ4v) is 10.3. The first-order valence-electron chi connectivity index (χ1n) is 13.9. The summed E-state index contributed by atoms with van der Waals surface area (Å²) in [5, 5.41) is 12.9. The Kier molecular flexibility index (Phi) is 5.49. The number of ether oxygens (including phenoxy) is 1. The van der Waals surface area contributed by atoms with E-state index in [1.54, 1.807) is 12.9 Å². The van der Waals surface area contributed by atoms with E-state index in [-0.39, 0.29) is 5.41 Å². The van der Waals surface area contributed by atoms with Crippen molar-refractivity contribution >= 4 is 12.7 Å². The molecule has 0 bridgehead atoms. The van der Waals surface area contributed by atoms with E-state index in [0.717, 1.165) is 49.0 Å². The van der Waals surface area contributed by atoms with Gasteiger partial charge in [-0.3, -0.25) is 4.57 Å². The number of hydrogen-bond donors (Lipinski definition) is 1. The van der Waals surface area contributed by atoms with E-state index in [4.69, 9.17) is 9.26 Å². The van der Waals surface area contributed by atoms with Crippen LogP contribution in [0.15, 0.2) is 78.6 Å². The van der Waals surface area contributed by atoms with Crippen molar-refractivity contribution in [2.45, 2.75) is 57.0 Å². The zero-order valence-electron chi connectivity index (χ0n) is 22.1. The summed E-state index contributed by atoms with van der Waals surface area (Å²) >= 11 is 0. The topological polar surface area (TPSA) is 55.8 Å². The van der Waals surface area contributed by atoms with Crippen molar-refractivity contribution in [3.63, 3.8) is 0 Å². The first kappa shape index (κ1) is 24.2. The lowest BCUT2D eigenvalue weighted by atomic mass is 9.53. The summed E-state index contributed by atoms with van der Waals surface area (Å²) in [6.45, 7) is 2.27. The molecule has 38 heavy (non-hydrogen) atoms. The van der Waals surface area contributed by atoms with Crippen molar-refractivity contribution in [1.29, 1.82) is 0 Å². The number of benzene rings is 3. The molecule has 3 aromatic carbocycles. The summed E-state index contributed by atoms with van der Waals surface area (Å²) in [6.07, 6.45) is 7.79. The van der Waals surface area contributed by atoms with Gasteiger partial charge in [-0.15, -0.1) is 0 Å². The van der Waals surface area contributed by atoms with Crippen LogP contribution in [0.2, 0.25) is 0 Å². The van der Waals surface area contributed by atoms with Gasteiger partial charge in [0.05, 0.1) is 18.0 Å². The van der Waals surface area contributed by atoms with Gasteiger partial charge in [0.2, 0.25) is 0 Å². The van der Waals surface area contributed by atoms with Gasteiger partial charge in [0.1, 0.15) is 11.5 Å². The van der Waals surface area contributed by atoms with Crippen LogP contribution in [-0.4, -0.2) is 17.8 Å². The molecule has 0 saturated heterocycles. The van der Waals surface area contributed by atoms with E-state index < -0.39 is 13.0 Å². The molecule has 196 valence electrons. The minimum atomic E-state index is -3.34. The minimum Gasteiger partial charge on any atom is -0.497 e. The predicted octanol–water partition coefficient (Wildman–Crippen LogP) is 7.46. The quantitative estimate of drug-likeness (QED) is 0.360. The third kappa shape index (κ3) is 3.43. The van der Waals surface area contributed by atoms with E-state index in [0.29, 0.717) is 35.2 Å². The molecule has 1 unspecified atom stereocenters. The van der Waals surface area contributed by atoms with E-state index in [9.17, 15) is 9.67 Å². The van der Waals surface area contributed by atoms with Crippen molar-refractivity contribution in [1.82, 2.24) is 0 Å². The van der Waals surface area contributed by atoms with Gasteiger partial charge < -0.3 is 14.4 Å². The molecular weight excluding hydrogens is 491 g/mol. The van der Waals surface area contributed by atoms with Crippen LogP contribution >= 0.6 is 7.37 Å². The number of hydrogen-bond acceptors (Lipinski definition) is 4. The molecule has 7 rings (SSSR count). The maximum absolute atomic E-state index is 14.4. The van der Waals surface area contributed by atoms with Crippen LogP contribution in [0.3, 0.4) is 0 Å². The van der Waals surface area contributed by atoms with Gasteiger partial charge in [-0.1, -0.05) is 49.4 Å².